The average Bonchev–Trinajstić information content (AvgIpc) is 3.33. The van der Waals surface area contributed by atoms with E-state index in [1.54, 1.807) is 0 Å². The van der Waals surface area contributed by atoms with Crippen LogP contribution < -0.4 is 0 Å². The Morgan fingerprint density at radius 1 is 0.380 bits per heavy atom. The fraction of sp³-hybridized carbons (Fsp3) is 0.923. The lowest BCUT2D eigenvalue weighted by Crippen LogP contribution is -2.30. The van der Waals surface area contributed by atoms with Crippen molar-refractivity contribution in [3.05, 3.63) is 0 Å². The first-order chi connectivity index (χ1) is 34.0. The molecule has 0 aliphatic carbocycles. The largest absolute Gasteiger partial charge is 0.472 e. The highest BCUT2D eigenvalue weighted by Crippen LogP contribution is 2.45. The van der Waals surface area contributed by atoms with Crippen molar-refractivity contribution in [1.29, 1.82) is 0 Å². The van der Waals surface area contributed by atoms with Crippen LogP contribution in [0.1, 0.15) is 247 Å². The Kier molecular flexibility index (Phi) is 45.3. The highest BCUT2D eigenvalue weighted by Gasteiger charge is 2.30. The van der Waals surface area contributed by atoms with Gasteiger partial charge in [0.05, 0.1) is 26.4 Å². The molecule has 2 unspecified atom stereocenters. The maximum absolute atomic E-state index is 12.8. The van der Waals surface area contributed by atoms with E-state index in [0.717, 1.165) is 128 Å². The average molecular weight is 1060 g/mol. The monoisotopic (exact) mass is 1060 g/mol. The molecule has 0 aliphatic heterocycles. The van der Waals surface area contributed by atoms with Gasteiger partial charge in [-0.1, -0.05) is 195 Å². The lowest BCUT2D eigenvalue weighted by molar-refractivity contribution is -0.161. The van der Waals surface area contributed by atoms with E-state index < -0.39 is 97.5 Å². The van der Waals surface area contributed by atoms with Gasteiger partial charge < -0.3 is 33.8 Å². The third-order valence-electron chi connectivity index (χ3n) is 11.8. The van der Waals surface area contributed by atoms with Crippen LogP contribution in [0.15, 0.2) is 0 Å². The van der Waals surface area contributed by atoms with Crippen LogP contribution in [0.4, 0.5) is 0 Å². The fourth-order valence-corrected chi connectivity index (χ4v) is 9.04. The number of unbranched alkanes of at least 4 members (excludes halogenated alkanes) is 24. The summed E-state index contributed by atoms with van der Waals surface area (Å²) in [6.45, 7) is 6.90. The zero-order valence-corrected chi connectivity index (χ0v) is 46.6. The summed E-state index contributed by atoms with van der Waals surface area (Å²) in [4.78, 5) is 71.2. The molecule has 3 N–H and O–H groups in total. The summed E-state index contributed by atoms with van der Waals surface area (Å²) >= 11 is 0. The van der Waals surface area contributed by atoms with Crippen molar-refractivity contribution >= 4 is 39.5 Å². The van der Waals surface area contributed by atoms with Crippen LogP contribution in [0.2, 0.25) is 0 Å². The molecule has 420 valence electrons. The molecule has 0 aromatic carbocycles. The van der Waals surface area contributed by atoms with Crippen molar-refractivity contribution in [2.24, 2.45) is 5.92 Å². The van der Waals surface area contributed by atoms with Gasteiger partial charge in [0.1, 0.15) is 19.3 Å². The molecule has 0 aromatic heterocycles. The van der Waals surface area contributed by atoms with Gasteiger partial charge in [0.25, 0.3) is 0 Å². The number of rotatable bonds is 52. The standard InChI is InChI=1S/C52H100O17P2/c1-6-9-12-15-19-25-30-35-49(54)62-41-47(68-51(56)37-32-27-21-17-14-11-8-3)43-66-70(58,59)64-39-46(53)40-65-71(60,61)67-44-48(42-63-50(55)36-31-26-20-16-13-10-7-2)69-52(57)38-33-28-23-18-22-24-29-34-45(4)5/h45-48,53H,6-44H2,1-5H3,(H,58,59)(H,60,61)/t46-,47+,48+/m0/s1. The molecular formula is C52H100O17P2. The molecule has 0 rings (SSSR count). The van der Waals surface area contributed by atoms with E-state index in [2.05, 4.69) is 34.6 Å². The van der Waals surface area contributed by atoms with Crippen molar-refractivity contribution in [3.8, 4) is 0 Å². The molecular weight excluding hydrogens is 959 g/mol. The first-order valence-corrected chi connectivity index (χ1v) is 30.6. The quantitative estimate of drug-likeness (QED) is 0.0222. The van der Waals surface area contributed by atoms with Gasteiger partial charge in [0, 0.05) is 25.7 Å². The lowest BCUT2D eigenvalue weighted by Gasteiger charge is -2.21. The van der Waals surface area contributed by atoms with Crippen LogP contribution in [-0.4, -0.2) is 96.7 Å². The van der Waals surface area contributed by atoms with E-state index in [1.165, 1.54) is 32.1 Å². The minimum Gasteiger partial charge on any atom is -0.462 e. The number of carbonyl (C=O) groups excluding carboxylic acids is 4. The number of hydrogen-bond donors (Lipinski definition) is 3. The normalized spacial score (nSPS) is 14.6. The summed E-state index contributed by atoms with van der Waals surface area (Å²) in [5, 5.41) is 10.4. The fourth-order valence-electron chi connectivity index (χ4n) is 7.46. The summed E-state index contributed by atoms with van der Waals surface area (Å²) in [6.07, 6.45) is 25.7. The molecule has 5 atom stereocenters. The van der Waals surface area contributed by atoms with Crippen LogP contribution in [0.3, 0.4) is 0 Å². The third-order valence-corrected chi connectivity index (χ3v) is 13.7. The molecule has 0 bridgehead atoms. The first kappa shape index (κ1) is 69.1. The summed E-state index contributed by atoms with van der Waals surface area (Å²) in [6, 6.07) is 0. The second kappa shape index (κ2) is 46.6. The molecule has 0 aromatic rings. The number of esters is 4. The zero-order valence-electron chi connectivity index (χ0n) is 44.8. The van der Waals surface area contributed by atoms with Crippen LogP contribution in [0, 0.1) is 5.92 Å². The minimum atomic E-state index is -4.93. The van der Waals surface area contributed by atoms with Gasteiger partial charge in [-0.25, -0.2) is 9.13 Å². The van der Waals surface area contributed by atoms with Gasteiger partial charge in [0.15, 0.2) is 12.2 Å². The summed E-state index contributed by atoms with van der Waals surface area (Å²) < 4.78 is 67.2. The summed E-state index contributed by atoms with van der Waals surface area (Å²) in [5.41, 5.74) is 0. The Hall–Kier alpha value is -1.94. The Morgan fingerprint density at radius 3 is 0.958 bits per heavy atom. The highest BCUT2D eigenvalue weighted by atomic mass is 31.2. The summed E-state index contributed by atoms with van der Waals surface area (Å²) in [5.74, 6) is -1.47. The van der Waals surface area contributed by atoms with E-state index >= 15 is 0 Å². The van der Waals surface area contributed by atoms with Crippen molar-refractivity contribution in [2.45, 2.75) is 265 Å². The van der Waals surface area contributed by atoms with Crippen molar-refractivity contribution < 1.29 is 80.2 Å². The Balaban J connectivity index is 5.18. The van der Waals surface area contributed by atoms with E-state index in [9.17, 15) is 43.2 Å². The van der Waals surface area contributed by atoms with Gasteiger partial charge >= 0.3 is 39.5 Å². The topological polar surface area (TPSA) is 237 Å². The number of phosphoric ester groups is 2. The van der Waals surface area contributed by atoms with Crippen LogP contribution in [0.5, 0.6) is 0 Å². The van der Waals surface area contributed by atoms with E-state index in [-0.39, 0.29) is 25.7 Å². The first-order valence-electron chi connectivity index (χ1n) is 27.6. The SMILES string of the molecule is CCCCCCCCCC(=O)OC[C@H](COP(=O)(O)OC[C@H](O)COP(=O)(O)OC[C@@H](COC(=O)CCCCCCCCC)OC(=O)CCCCCCCCCC(C)C)OC(=O)CCCCCCCCC. The highest BCUT2D eigenvalue weighted by molar-refractivity contribution is 7.47. The molecule has 0 saturated heterocycles. The third kappa shape index (κ3) is 47.5. The van der Waals surface area contributed by atoms with Gasteiger partial charge in [-0.2, -0.15) is 0 Å². The Bertz CT molecular complexity index is 1420. The molecule has 19 heteroatoms. The van der Waals surface area contributed by atoms with Crippen molar-refractivity contribution in [3.63, 3.8) is 0 Å². The molecule has 0 fully saturated rings. The lowest BCUT2D eigenvalue weighted by atomic mass is 10.0. The smallest absolute Gasteiger partial charge is 0.462 e. The maximum Gasteiger partial charge on any atom is 0.472 e. The van der Waals surface area contributed by atoms with E-state index in [1.807, 2.05) is 0 Å². The molecule has 0 radical (unpaired) electrons. The van der Waals surface area contributed by atoms with Crippen LogP contribution in [0.25, 0.3) is 0 Å². The number of carbonyl (C=O) groups is 4. The second-order valence-electron chi connectivity index (χ2n) is 19.4. The predicted octanol–water partition coefficient (Wildman–Crippen LogP) is 13.1. The Morgan fingerprint density at radius 2 is 0.648 bits per heavy atom. The van der Waals surface area contributed by atoms with E-state index in [4.69, 9.17) is 37.0 Å². The van der Waals surface area contributed by atoms with Crippen LogP contribution in [-0.2, 0) is 65.4 Å². The van der Waals surface area contributed by atoms with Crippen molar-refractivity contribution in [2.75, 3.05) is 39.6 Å². The number of hydrogen-bond acceptors (Lipinski definition) is 15. The predicted molar refractivity (Wildman–Crippen MR) is 275 cm³/mol. The van der Waals surface area contributed by atoms with Crippen molar-refractivity contribution in [1.82, 2.24) is 0 Å². The molecule has 0 aliphatic rings. The molecule has 0 amide bonds. The number of phosphoric acid groups is 2. The van der Waals surface area contributed by atoms with Gasteiger partial charge in [0.2, 0.25) is 0 Å². The number of ether oxygens (including phenoxy) is 4. The molecule has 0 saturated carbocycles. The second-order valence-corrected chi connectivity index (χ2v) is 22.3. The minimum absolute atomic E-state index is 0.103. The van der Waals surface area contributed by atoms with Gasteiger partial charge in [-0.15, -0.1) is 0 Å². The molecule has 0 spiro atoms. The summed E-state index contributed by atoms with van der Waals surface area (Å²) in [7, 11) is -9.85. The zero-order chi connectivity index (χ0) is 52.9. The van der Waals surface area contributed by atoms with Crippen LogP contribution >= 0.6 is 15.6 Å². The number of aliphatic hydroxyl groups excluding tert-OH is 1. The molecule has 17 nitrogen and oxygen atoms in total. The maximum atomic E-state index is 12.8. The number of aliphatic hydroxyl groups is 1. The van der Waals surface area contributed by atoms with E-state index in [0.29, 0.717) is 31.6 Å². The molecule has 71 heavy (non-hydrogen) atoms. The van der Waals surface area contributed by atoms with Gasteiger partial charge in [-0.3, -0.25) is 37.3 Å². The molecule has 0 heterocycles. The van der Waals surface area contributed by atoms with Gasteiger partial charge in [-0.05, 0) is 31.6 Å². The Labute approximate surface area is 428 Å².